The maximum absolute atomic E-state index is 6.29. The first-order chi connectivity index (χ1) is 10.1. The van der Waals surface area contributed by atoms with Crippen molar-refractivity contribution in [1.29, 1.82) is 0 Å². The standard InChI is InChI=1S/C16H16ClNO2S/c1-9(2)20-14-8-16-13(7-11(14)17)18-12-5-4-10(19-3)6-15(12)21-16/h4-9,18H,1-3H3. The molecule has 0 unspecified atom stereocenters. The Morgan fingerprint density at radius 3 is 2.57 bits per heavy atom. The summed E-state index contributed by atoms with van der Waals surface area (Å²) in [5.74, 6) is 1.56. The monoisotopic (exact) mass is 321 g/mol. The van der Waals surface area contributed by atoms with Crippen molar-refractivity contribution in [2.45, 2.75) is 29.7 Å². The molecule has 3 rings (SSSR count). The number of nitrogens with one attached hydrogen (secondary N) is 1. The van der Waals surface area contributed by atoms with E-state index in [-0.39, 0.29) is 6.10 Å². The molecular formula is C16H16ClNO2S. The molecule has 5 heteroatoms. The molecular weight excluding hydrogens is 306 g/mol. The van der Waals surface area contributed by atoms with E-state index in [2.05, 4.69) is 5.32 Å². The van der Waals surface area contributed by atoms with Crippen molar-refractivity contribution in [2.24, 2.45) is 0 Å². The van der Waals surface area contributed by atoms with Gasteiger partial charge in [-0.1, -0.05) is 23.4 Å². The molecule has 0 radical (unpaired) electrons. The summed E-state index contributed by atoms with van der Waals surface area (Å²) >= 11 is 7.97. The summed E-state index contributed by atoms with van der Waals surface area (Å²) in [5.41, 5.74) is 2.06. The number of anilines is 2. The van der Waals surface area contributed by atoms with E-state index >= 15 is 0 Å². The van der Waals surface area contributed by atoms with Gasteiger partial charge in [-0.15, -0.1) is 0 Å². The average Bonchev–Trinajstić information content (AvgIpc) is 2.45. The van der Waals surface area contributed by atoms with Gasteiger partial charge >= 0.3 is 0 Å². The molecule has 0 atom stereocenters. The molecule has 0 spiro atoms. The zero-order chi connectivity index (χ0) is 15.0. The third-order valence-electron chi connectivity index (χ3n) is 3.07. The molecule has 0 fully saturated rings. The van der Waals surface area contributed by atoms with Gasteiger partial charge in [0.2, 0.25) is 0 Å². The van der Waals surface area contributed by atoms with Crippen LogP contribution in [-0.4, -0.2) is 13.2 Å². The molecule has 1 aliphatic heterocycles. The highest BCUT2D eigenvalue weighted by molar-refractivity contribution is 7.99. The number of fused-ring (bicyclic) bond motifs is 2. The molecule has 2 aromatic rings. The van der Waals surface area contributed by atoms with E-state index < -0.39 is 0 Å². The first-order valence-corrected chi connectivity index (χ1v) is 7.89. The lowest BCUT2D eigenvalue weighted by atomic mass is 10.2. The largest absolute Gasteiger partial charge is 0.497 e. The second-order valence-electron chi connectivity index (χ2n) is 5.03. The molecule has 0 aromatic heterocycles. The molecule has 3 nitrogen and oxygen atoms in total. The average molecular weight is 322 g/mol. The van der Waals surface area contributed by atoms with Crippen LogP contribution in [0.3, 0.4) is 0 Å². The van der Waals surface area contributed by atoms with Crippen LogP contribution in [0.2, 0.25) is 5.02 Å². The fourth-order valence-corrected chi connectivity index (χ4v) is 3.38. The summed E-state index contributed by atoms with van der Waals surface area (Å²) in [7, 11) is 1.67. The van der Waals surface area contributed by atoms with Crippen molar-refractivity contribution in [2.75, 3.05) is 12.4 Å². The van der Waals surface area contributed by atoms with Gasteiger partial charge in [-0.2, -0.15) is 0 Å². The van der Waals surface area contributed by atoms with Gasteiger partial charge in [0.1, 0.15) is 11.5 Å². The van der Waals surface area contributed by atoms with Crippen molar-refractivity contribution < 1.29 is 9.47 Å². The molecule has 0 bridgehead atoms. The predicted molar refractivity (Wildman–Crippen MR) is 87.6 cm³/mol. The van der Waals surface area contributed by atoms with E-state index in [9.17, 15) is 0 Å². The van der Waals surface area contributed by atoms with Crippen LogP contribution in [0.25, 0.3) is 0 Å². The Morgan fingerprint density at radius 1 is 1.10 bits per heavy atom. The zero-order valence-corrected chi connectivity index (χ0v) is 13.6. The maximum Gasteiger partial charge on any atom is 0.139 e. The van der Waals surface area contributed by atoms with Gasteiger partial charge in [0.15, 0.2) is 0 Å². The van der Waals surface area contributed by atoms with Gasteiger partial charge in [0, 0.05) is 9.79 Å². The molecule has 0 amide bonds. The van der Waals surface area contributed by atoms with Crippen molar-refractivity contribution in [3.63, 3.8) is 0 Å². The lowest BCUT2D eigenvalue weighted by Crippen LogP contribution is -2.07. The minimum atomic E-state index is 0.0921. The topological polar surface area (TPSA) is 30.5 Å². The molecule has 1 N–H and O–H groups in total. The lowest BCUT2D eigenvalue weighted by Gasteiger charge is -2.23. The molecule has 0 saturated carbocycles. The zero-order valence-electron chi connectivity index (χ0n) is 12.1. The number of rotatable bonds is 3. The maximum atomic E-state index is 6.29. The molecule has 2 aromatic carbocycles. The summed E-state index contributed by atoms with van der Waals surface area (Å²) < 4.78 is 11.0. The molecule has 0 aliphatic carbocycles. The van der Waals surface area contributed by atoms with Crippen LogP contribution in [0.5, 0.6) is 11.5 Å². The van der Waals surface area contributed by atoms with Crippen LogP contribution >= 0.6 is 23.4 Å². The van der Waals surface area contributed by atoms with Gasteiger partial charge in [-0.25, -0.2) is 0 Å². The quantitative estimate of drug-likeness (QED) is 0.705. The normalized spacial score (nSPS) is 12.4. The summed E-state index contributed by atoms with van der Waals surface area (Å²) in [5, 5.41) is 4.01. The number of halogens is 1. The Bertz CT molecular complexity index is 688. The van der Waals surface area contributed by atoms with E-state index in [1.54, 1.807) is 18.9 Å². The molecule has 1 aliphatic rings. The van der Waals surface area contributed by atoms with Crippen LogP contribution in [0.15, 0.2) is 40.1 Å². The molecule has 0 saturated heterocycles. The van der Waals surface area contributed by atoms with E-state index in [4.69, 9.17) is 21.1 Å². The summed E-state index contributed by atoms with van der Waals surface area (Å²) in [6.45, 7) is 3.97. The number of ether oxygens (including phenoxy) is 2. The summed E-state index contributed by atoms with van der Waals surface area (Å²) in [4.78, 5) is 2.22. The smallest absolute Gasteiger partial charge is 0.139 e. The first kappa shape index (κ1) is 14.4. The van der Waals surface area contributed by atoms with Crippen molar-refractivity contribution in [3.05, 3.63) is 35.4 Å². The van der Waals surface area contributed by atoms with Gasteiger partial charge in [-0.3, -0.25) is 0 Å². The van der Waals surface area contributed by atoms with E-state index in [0.29, 0.717) is 10.8 Å². The third kappa shape index (κ3) is 2.92. The summed E-state index contributed by atoms with van der Waals surface area (Å²) in [6.07, 6.45) is 0.0921. The SMILES string of the molecule is COc1ccc2c(c1)Sc1cc(OC(C)C)c(Cl)cc1N2. The second-order valence-corrected chi connectivity index (χ2v) is 6.53. The number of hydrogen-bond acceptors (Lipinski definition) is 4. The van der Waals surface area contributed by atoms with Crippen molar-refractivity contribution >= 4 is 34.7 Å². The fourth-order valence-electron chi connectivity index (χ4n) is 2.14. The van der Waals surface area contributed by atoms with Crippen LogP contribution in [0.1, 0.15) is 13.8 Å². The lowest BCUT2D eigenvalue weighted by molar-refractivity contribution is 0.242. The van der Waals surface area contributed by atoms with E-state index in [1.165, 1.54) is 0 Å². The van der Waals surface area contributed by atoms with Gasteiger partial charge in [-0.05, 0) is 44.2 Å². The highest BCUT2D eigenvalue weighted by Gasteiger charge is 2.19. The van der Waals surface area contributed by atoms with Crippen molar-refractivity contribution in [3.8, 4) is 11.5 Å². The minimum absolute atomic E-state index is 0.0921. The van der Waals surface area contributed by atoms with Crippen LogP contribution in [0.4, 0.5) is 11.4 Å². The third-order valence-corrected chi connectivity index (χ3v) is 4.49. The molecule has 110 valence electrons. The highest BCUT2D eigenvalue weighted by atomic mass is 35.5. The van der Waals surface area contributed by atoms with E-state index in [1.807, 2.05) is 44.2 Å². The fraction of sp³-hybridized carbons (Fsp3) is 0.250. The Labute approximate surface area is 133 Å². The van der Waals surface area contributed by atoms with E-state index in [0.717, 1.165) is 26.9 Å². The van der Waals surface area contributed by atoms with Crippen LogP contribution in [-0.2, 0) is 0 Å². The van der Waals surface area contributed by atoms with Gasteiger partial charge in [0.05, 0.1) is 29.6 Å². The number of hydrogen-bond donors (Lipinski definition) is 1. The number of benzene rings is 2. The van der Waals surface area contributed by atoms with Crippen LogP contribution in [0, 0.1) is 0 Å². The highest BCUT2D eigenvalue weighted by Crippen LogP contribution is 2.48. The predicted octanol–water partition coefficient (Wildman–Crippen LogP) is 5.34. The molecule has 1 heterocycles. The van der Waals surface area contributed by atoms with Gasteiger partial charge in [0.25, 0.3) is 0 Å². The minimum Gasteiger partial charge on any atom is -0.497 e. The first-order valence-electron chi connectivity index (χ1n) is 6.70. The number of methoxy groups -OCH3 is 1. The van der Waals surface area contributed by atoms with Crippen LogP contribution < -0.4 is 14.8 Å². The Kier molecular flexibility index (Phi) is 3.91. The Morgan fingerprint density at radius 2 is 1.86 bits per heavy atom. The molecule has 21 heavy (non-hydrogen) atoms. The Hall–Kier alpha value is -1.52. The Balaban J connectivity index is 1.97. The summed E-state index contributed by atoms with van der Waals surface area (Å²) in [6, 6.07) is 9.87. The van der Waals surface area contributed by atoms with Gasteiger partial charge < -0.3 is 14.8 Å². The second kappa shape index (κ2) is 5.70. The van der Waals surface area contributed by atoms with Crippen molar-refractivity contribution in [1.82, 2.24) is 0 Å².